The number of nitrogens with zero attached hydrogens (tertiary/aromatic N) is 1. The first-order chi connectivity index (χ1) is 4.33. The van der Waals surface area contributed by atoms with E-state index in [4.69, 9.17) is 10.2 Å². The highest BCUT2D eigenvalue weighted by Gasteiger charge is 1.68. The normalized spacial score (nSPS) is 5.44. The maximum Gasteiger partial charge on any atom is 0.234 e. The highest BCUT2D eigenvalue weighted by atomic mass is 79.9. The molecular weight excluding hydrogens is 188 g/mol. The summed E-state index contributed by atoms with van der Waals surface area (Å²) in [6.07, 6.45) is 2.16. The number of isocyanates is 2. The van der Waals surface area contributed by atoms with Crippen LogP contribution in [-0.2, 0) is 9.59 Å². The quantitative estimate of drug-likeness (QED) is 0.396. The summed E-state index contributed by atoms with van der Waals surface area (Å²) < 4.78 is 0. The number of alkyl halides is 1. The Labute approximate surface area is 60.6 Å². The molecule has 0 unspecified atom stereocenters. The van der Waals surface area contributed by atoms with Gasteiger partial charge in [-0.1, -0.05) is 15.9 Å². The number of rotatable bonds is 2. The molecule has 0 radical (unpaired) electrons. The summed E-state index contributed by atoms with van der Waals surface area (Å²) in [6.45, 7) is 0.531. The summed E-state index contributed by atoms with van der Waals surface area (Å²) in [7, 11) is 0. The second-order valence-corrected chi connectivity index (χ2v) is 1.56. The lowest BCUT2D eigenvalue weighted by Gasteiger charge is -1.70. The molecule has 0 fully saturated rings. The van der Waals surface area contributed by atoms with Crippen LogP contribution in [0.25, 0.3) is 0 Å². The largest absolute Gasteiger partial charge is 0.234 e. The molecule has 0 aromatic carbocycles. The monoisotopic (exact) mass is 192 g/mol. The van der Waals surface area contributed by atoms with Gasteiger partial charge in [0.1, 0.15) is 0 Å². The van der Waals surface area contributed by atoms with Crippen molar-refractivity contribution in [1.29, 1.82) is 5.41 Å². The maximum absolute atomic E-state index is 9.25. The molecule has 9 heavy (non-hydrogen) atoms. The first-order valence-electron chi connectivity index (χ1n) is 1.97. The molecule has 0 aromatic rings. The molecule has 0 spiro atoms. The molecule has 50 valence electrons. The van der Waals surface area contributed by atoms with Gasteiger partial charge < -0.3 is 0 Å². The number of nitrogens with one attached hydrogen (secondary N) is 1. The van der Waals surface area contributed by atoms with E-state index in [1.165, 1.54) is 6.08 Å². The minimum absolute atomic E-state index is 0.531. The fourth-order valence-corrected chi connectivity index (χ4v) is 0.265. The average Bonchev–Trinajstić information content (AvgIpc) is 1.86. The zero-order chi connectivity index (χ0) is 7.54. The maximum atomic E-state index is 9.25. The third-order valence-electron chi connectivity index (χ3n) is 0.261. The first-order valence-corrected chi connectivity index (χ1v) is 3.09. The van der Waals surface area contributed by atoms with Gasteiger partial charge in [-0.25, -0.2) is 20.0 Å². The van der Waals surface area contributed by atoms with Gasteiger partial charge in [-0.15, -0.1) is 0 Å². The van der Waals surface area contributed by atoms with Crippen LogP contribution in [0.2, 0.25) is 0 Å². The van der Waals surface area contributed by atoms with Crippen molar-refractivity contribution in [2.24, 2.45) is 4.99 Å². The molecule has 0 rings (SSSR count). The van der Waals surface area contributed by atoms with E-state index < -0.39 is 0 Å². The lowest BCUT2D eigenvalue weighted by molar-refractivity contribution is 0.562. The third kappa shape index (κ3) is 39.6. The molecule has 0 aliphatic heterocycles. The van der Waals surface area contributed by atoms with Gasteiger partial charge in [0.25, 0.3) is 0 Å². The molecule has 0 heterocycles. The van der Waals surface area contributed by atoms with Gasteiger partial charge >= 0.3 is 0 Å². The topological polar surface area (TPSA) is 70.3 Å². The number of hydrogen-bond acceptors (Lipinski definition) is 4. The Morgan fingerprint density at radius 1 is 1.56 bits per heavy atom. The second kappa shape index (κ2) is 15.7. The van der Waals surface area contributed by atoms with Crippen LogP contribution in [0.3, 0.4) is 0 Å². The van der Waals surface area contributed by atoms with Gasteiger partial charge in [0, 0.05) is 5.33 Å². The summed E-state index contributed by atoms with van der Waals surface area (Å²) in [5.41, 5.74) is 0. The minimum Gasteiger partial charge on any atom is -0.222 e. The van der Waals surface area contributed by atoms with Crippen molar-refractivity contribution in [3.63, 3.8) is 0 Å². The van der Waals surface area contributed by atoms with Crippen molar-refractivity contribution >= 4 is 28.1 Å². The lowest BCUT2D eigenvalue weighted by atomic mass is 10.8. The Morgan fingerprint density at radius 2 is 2.00 bits per heavy atom. The van der Waals surface area contributed by atoms with Crippen molar-refractivity contribution in [1.82, 2.24) is 0 Å². The van der Waals surface area contributed by atoms with E-state index in [1.54, 1.807) is 0 Å². The predicted molar refractivity (Wildman–Crippen MR) is 35.2 cm³/mol. The fraction of sp³-hybridized carbons (Fsp3) is 0.500. The number of halogens is 1. The van der Waals surface area contributed by atoms with Gasteiger partial charge in [-0.05, 0) is 0 Å². The van der Waals surface area contributed by atoms with E-state index in [2.05, 4.69) is 20.9 Å². The average molecular weight is 193 g/mol. The van der Waals surface area contributed by atoms with Crippen molar-refractivity contribution in [3.8, 4) is 0 Å². The summed E-state index contributed by atoms with van der Waals surface area (Å²) >= 11 is 3.08. The third-order valence-corrected chi connectivity index (χ3v) is 0.616. The molecule has 5 heteroatoms. The molecule has 4 nitrogen and oxygen atoms in total. The Kier molecular flexibility index (Phi) is 19.3. The Morgan fingerprint density at radius 3 is 2.11 bits per heavy atom. The van der Waals surface area contributed by atoms with Gasteiger partial charge in [0.2, 0.25) is 12.2 Å². The SMILES string of the molecule is N=C=O.O=C=NCCBr. The molecule has 1 N–H and O–H groups in total. The van der Waals surface area contributed by atoms with Crippen molar-refractivity contribution < 1.29 is 9.59 Å². The van der Waals surface area contributed by atoms with Gasteiger partial charge in [0.05, 0.1) is 6.54 Å². The highest BCUT2D eigenvalue weighted by molar-refractivity contribution is 9.09. The smallest absolute Gasteiger partial charge is 0.222 e. The summed E-state index contributed by atoms with van der Waals surface area (Å²) in [5.74, 6) is 0. The molecule has 0 bridgehead atoms. The molecule has 0 atom stereocenters. The van der Waals surface area contributed by atoms with Gasteiger partial charge in [0.15, 0.2) is 0 Å². The molecule has 0 amide bonds. The van der Waals surface area contributed by atoms with Gasteiger partial charge in [-0.2, -0.15) is 0 Å². The zero-order valence-corrected chi connectivity index (χ0v) is 6.14. The van der Waals surface area contributed by atoms with Crippen molar-refractivity contribution in [2.75, 3.05) is 11.9 Å². The van der Waals surface area contributed by atoms with Crippen LogP contribution in [0.1, 0.15) is 0 Å². The summed E-state index contributed by atoms with van der Waals surface area (Å²) in [4.78, 5) is 20.8. The summed E-state index contributed by atoms with van der Waals surface area (Å²) in [5, 5.41) is 6.14. The number of hydrogen-bond donors (Lipinski definition) is 1. The van der Waals surface area contributed by atoms with E-state index >= 15 is 0 Å². The van der Waals surface area contributed by atoms with Crippen LogP contribution < -0.4 is 0 Å². The van der Waals surface area contributed by atoms with Crippen LogP contribution in [0.5, 0.6) is 0 Å². The van der Waals surface area contributed by atoms with Gasteiger partial charge in [-0.3, -0.25) is 0 Å². The van der Waals surface area contributed by atoms with E-state index in [9.17, 15) is 4.79 Å². The van der Waals surface area contributed by atoms with Crippen LogP contribution in [-0.4, -0.2) is 24.0 Å². The standard InChI is InChI=1S/C3H4BrNO.CHNO/c4-1-2-5-3-6;2-1-3/h1-2H2;2H. The van der Waals surface area contributed by atoms with Crippen LogP contribution in [0.4, 0.5) is 0 Å². The second-order valence-electron chi connectivity index (χ2n) is 0.764. The Hall–Kier alpha value is -0.760. The van der Waals surface area contributed by atoms with E-state index in [-0.39, 0.29) is 0 Å². The molecule has 0 aliphatic carbocycles. The highest BCUT2D eigenvalue weighted by Crippen LogP contribution is 1.75. The summed E-state index contributed by atoms with van der Waals surface area (Å²) in [6, 6.07) is 0. The van der Waals surface area contributed by atoms with E-state index in [0.717, 1.165) is 11.4 Å². The molecular formula is C4H5BrN2O2. The number of carbonyl (C=O) groups excluding carboxylic acids is 2. The minimum atomic E-state index is 0.531. The fourth-order valence-electron chi connectivity index (χ4n) is 0.0879. The molecule has 0 aromatic heterocycles. The lowest BCUT2D eigenvalue weighted by Crippen LogP contribution is -1.74. The Balaban J connectivity index is 0. The van der Waals surface area contributed by atoms with Crippen LogP contribution >= 0.6 is 15.9 Å². The van der Waals surface area contributed by atoms with E-state index in [1.807, 2.05) is 0 Å². The predicted octanol–water partition coefficient (Wildman–Crippen LogP) is 0.618. The molecule has 0 saturated heterocycles. The zero-order valence-electron chi connectivity index (χ0n) is 4.56. The van der Waals surface area contributed by atoms with Crippen LogP contribution in [0.15, 0.2) is 4.99 Å². The van der Waals surface area contributed by atoms with Crippen molar-refractivity contribution in [3.05, 3.63) is 0 Å². The van der Waals surface area contributed by atoms with E-state index in [0.29, 0.717) is 6.54 Å². The first kappa shape index (κ1) is 11.1. The van der Waals surface area contributed by atoms with Crippen molar-refractivity contribution in [2.45, 2.75) is 0 Å². The number of aliphatic imine (C=N–C) groups is 1. The van der Waals surface area contributed by atoms with Crippen LogP contribution in [0, 0.1) is 5.41 Å². The Bertz CT molecular complexity index is 125. The molecule has 0 saturated carbocycles. The molecule has 0 aliphatic rings.